The first-order valence-corrected chi connectivity index (χ1v) is 9.00. The second kappa shape index (κ2) is 9.32. The van der Waals surface area contributed by atoms with Crippen LogP contribution in [-0.4, -0.2) is 31.3 Å². The van der Waals surface area contributed by atoms with Crippen molar-refractivity contribution < 1.29 is 23.9 Å². The molecule has 2 aliphatic rings. The third-order valence-corrected chi connectivity index (χ3v) is 4.59. The van der Waals surface area contributed by atoms with Gasteiger partial charge in [-0.3, -0.25) is 14.4 Å². The van der Waals surface area contributed by atoms with Crippen LogP contribution in [0.25, 0.3) is 0 Å². The van der Waals surface area contributed by atoms with E-state index < -0.39 is 11.9 Å². The van der Waals surface area contributed by atoms with E-state index in [1.807, 2.05) is 31.2 Å². The molecule has 5 nitrogen and oxygen atoms in total. The second-order valence-electron chi connectivity index (χ2n) is 6.53. The zero-order valence-electron chi connectivity index (χ0n) is 15.6. The number of hydrogen-bond donors (Lipinski definition) is 0. The average molecular weight is 358 g/mol. The van der Waals surface area contributed by atoms with Crippen LogP contribution in [0.15, 0.2) is 30.4 Å². The number of rotatable bonds is 4. The highest BCUT2D eigenvalue weighted by molar-refractivity contribution is 6.01. The zero-order valence-corrected chi connectivity index (χ0v) is 15.6. The number of ketones is 2. The molecule has 3 rings (SSSR count). The van der Waals surface area contributed by atoms with Crippen LogP contribution >= 0.6 is 0 Å². The lowest BCUT2D eigenvalue weighted by Gasteiger charge is -2.18. The molecular weight excluding hydrogens is 332 g/mol. The van der Waals surface area contributed by atoms with E-state index in [-0.39, 0.29) is 17.5 Å². The summed E-state index contributed by atoms with van der Waals surface area (Å²) in [6, 6.07) is 5.85. The van der Waals surface area contributed by atoms with Crippen molar-refractivity contribution in [1.82, 2.24) is 0 Å². The Kier molecular flexibility index (Phi) is 7.13. The number of Topliss-reactive ketones (excluding diaryl/α,β-unsaturated/α-hetero) is 1. The van der Waals surface area contributed by atoms with Crippen molar-refractivity contribution in [1.29, 1.82) is 0 Å². The van der Waals surface area contributed by atoms with Gasteiger partial charge < -0.3 is 9.47 Å². The van der Waals surface area contributed by atoms with Gasteiger partial charge in [-0.25, -0.2) is 0 Å². The lowest BCUT2D eigenvalue weighted by atomic mass is 9.87. The maximum Gasteiger partial charge on any atom is 0.317 e. The first-order valence-electron chi connectivity index (χ1n) is 9.00. The molecule has 140 valence electrons. The first kappa shape index (κ1) is 19.9. The molecule has 1 saturated carbocycles. The number of ether oxygens (including phenoxy) is 2. The second-order valence-corrected chi connectivity index (χ2v) is 6.53. The third kappa shape index (κ3) is 5.04. The molecule has 0 aliphatic heterocycles. The topological polar surface area (TPSA) is 69.7 Å². The van der Waals surface area contributed by atoms with Crippen molar-refractivity contribution in [2.75, 3.05) is 13.7 Å². The van der Waals surface area contributed by atoms with Crippen LogP contribution in [0.5, 0.6) is 5.75 Å². The number of allylic oxidation sites excluding steroid dienone is 2. The monoisotopic (exact) mass is 358 g/mol. The van der Waals surface area contributed by atoms with Gasteiger partial charge in [-0.05, 0) is 56.0 Å². The Hall–Kier alpha value is -2.43. The minimum Gasteiger partial charge on any atom is -0.497 e. The molecular formula is C21H26O5. The van der Waals surface area contributed by atoms with Gasteiger partial charge in [-0.1, -0.05) is 12.1 Å². The first-order chi connectivity index (χ1) is 12.5. The van der Waals surface area contributed by atoms with Crippen LogP contribution in [-0.2, 0) is 19.1 Å². The van der Waals surface area contributed by atoms with E-state index in [1.54, 1.807) is 20.1 Å². The molecule has 2 atom stereocenters. The summed E-state index contributed by atoms with van der Waals surface area (Å²) in [4.78, 5) is 34.1. The maximum absolute atomic E-state index is 12.0. The zero-order chi connectivity index (χ0) is 19.1. The molecule has 0 N–H and O–H groups in total. The minimum absolute atomic E-state index is 0.0195. The lowest BCUT2D eigenvalue weighted by Crippen LogP contribution is -2.26. The van der Waals surface area contributed by atoms with Crippen molar-refractivity contribution in [3.05, 3.63) is 41.5 Å². The smallest absolute Gasteiger partial charge is 0.317 e. The Morgan fingerprint density at radius 2 is 1.96 bits per heavy atom. The molecule has 0 bridgehead atoms. The van der Waals surface area contributed by atoms with E-state index in [4.69, 9.17) is 9.47 Å². The summed E-state index contributed by atoms with van der Waals surface area (Å²) in [5.74, 6) is -0.164. The largest absolute Gasteiger partial charge is 0.497 e. The molecule has 0 amide bonds. The molecule has 0 spiro atoms. The van der Waals surface area contributed by atoms with Gasteiger partial charge >= 0.3 is 5.97 Å². The van der Waals surface area contributed by atoms with E-state index in [9.17, 15) is 14.4 Å². The molecule has 26 heavy (non-hydrogen) atoms. The summed E-state index contributed by atoms with van der Waals surface area (Å²) in [6.07, 6.45) is 6.36. The quantitative estimate of drug-likeness (QED) is 0.608. The SMILES string of the molecule is CCOC(=O)[C@@H]1C(=O)CC[C@H]1c1cc(C)cc(OC)c1.O=C1C=CCC1. The number of carbonyl (C=O) groups is 3. The van der Waals surface area contributed by atoms with Gasteiger partial charge in [0.25, 0.3) is 0 Å². The molecule has 0 saturated heterocycles. The Labute approximate surface area is 154 Å². The molecule has 0 heterocycles. The Morgan fingerprint density at radius 3 is 2.50 bits per heavy atom. The third-order valence-electron chi connectivity index (χ3n) is 4.59. The molecule has 2 aliphatic carbocycles. The van der Waals surface area contributed by atoms with Crippen LogP contribution in [0.2, 0.25) is 0 Å². The fourth-order valence-corrected chi connectivity index (χ4v) is 3.36. The van der Waals surface area contributed by atoms with Gasteiger partial charge in [0.15, 0.2) is 5.78 Å². The van der Waals surface area contributed by atoms with E-state index in [2.05, 4.69) is 0 Å². The summed E-state index contributed by atoms with van der Waals surface area (Å²) >= 11 is 0. The molecule has 1 fully saturated rings. The highest BCUT2D eigenvalue weighted by Gasteiger charge is 2.41. The molecule has 5 heteroatoms. The minimum atomic E-state index is -0.665. The van der Waals surface area contributed by atoms with Gasteiger partial charge in [0.2, 0.25) is 0 Å². The number of aryl methyl sites for hydroxylation is 1. The number of hydrogen-bond acceptors (Lipinski definition) is 5. The van der Waals surface area contributed by atoms with Gasteiger partial charge in [0.1, 0.15) is 17.5 Å². The Bertz CT molecular complexity index is 704. The van der Waals surface area contributed by atoms with Crippen LogP contribution in [0.4, 0.5) is 0 Å². The van der Waals surface area contributed by atoms with Crippen molar-refractivity contribution in [2.24, 2.45) is 5.92 Å². The van der Waals surface area contributed by atoms with Crippen LogP contribution in [0.3, 0.4) is 0 Å². The summed E-state index contributed by atoms with van der Waals surface area (Å²) in [6.45, 7) is 4.02. The predicted molar refractivity (Wildman–Crippen MR) is 98.2 cm³/mol. The predicted octanol–water partition coefficient (Wildman–Crippen LogP) is 3.53. The Balaban J connectivity index is 0.000000342. The van der Waals surface area contributed by atoms with Crippen molar-refractivity contribution in [3.8, 4) is 5.75 Å². The van der Waals surface area contributed by atoms with Gasteiger partial charge in [0, 0.05) is 18.8 Å². The molecule has 0 aromatic heterocycles. The number of carbonyl (C=O) groups excluding carboxylic acids is 3. The Morgan fingerprint density at radius 1 is 1.19 bits per heavy atom. The fourth-order valence-electron chi connectivity index (χ4n) is 3.36. The number of esters is 1. The van der Waals surface area contributed by atoms with Crippen molar-refractivity contribution >= 4 is 17.5 Å². The molecule has 1 aromatic carbocycles. The molecule has 0 unspecified atom stereocenters. The number of benzene rings is 1. The average Bonchev–Trinajstić information content (AvgIpc) is 3.23. The molecule has 1 aromatic rings. The summed E-state index contributed by atoms with van der Waals surface area (Å²) < 4.78 is 10.3. The lowest BCUT2D eigenvalue weighted by molar-refractivity contribution is -0.151. The van der Waals surface area contributed by atoms with Gasteiger partial charge in [0.05, 0.1) is 13.7 Å². The number of methoxy groups -OCH3 is 1. The van der Waals surface area contributed by atoms with Crippen LogP contribution in [0.1, 0.15) is 49.7 Å². The van der Waals surface area contributed by atoms with Crippen LogP contribution < -0.4 is 4.74 Å². The highest BCUT2D eigenvalue weighted by atomic mass is 16.5. The summed E-state index contributed by atoms with van der Waals surface area (Å²) in [5, 5.41) is 0. The van der Waals surface area contributed by atoms with Crippen molar-refractivity contribution in [3.63, 3.8) is 0 Å². The summed E-state index contributed by atoms with van der Waals surface area (Å²) in [7, 11) is 1.61. The maximum atomic E-state index is 12.0. The van der Waals surface area contributed by atoms with E-state index in [0.717, 1.165) is 29.7 Å². The summed E-state index contributed by atoms with van der Waals surface area (Å²) in [5.41, 5.74) is 2.03. The highest BCUT2D eigenvalue weighted by Crippen LogP contribution is 2.39. The van der Waals surface area contributed by atoms with Gasteiger partial charge in [-0.15, -0.1) is 0 Å². The van der Waals surface area contributed by atoms with Crippen LogP contribution in [0, 0.1) is 12.8 Å². The molecule has 0 radical (unpaired) electrons. The van der Waals surface area contributed by atoms with E-state index in [0.29, 0.717) is 19.4 Å². The van der Waals surface area contributed by atoms with Crippen molar-refractivity contribution in [2.45, 2.75) is 45.4 Å². The fraction of sp³-hybridized carbons (Fsp3) is 0.476. The van der Waals surface area contributed by atoms with E-state index >= 15 is 0 Å². The normalized spacial score (nSPS) is 21.3. The standard InChI is InChI=1S/C16H20O4.C5H6O/c1-4-20-16(18)15-13(5-6-14(15)17)11-7-10(2)8-12(9-11)19-3;6-5-3-1-2-4-5/h7-9,13,15H,4-6H2,1-3H3;1,3H,2,4H2/t13-,15-;/m0./s1. The van der Waals surface area contributed by atoms with E-state index in [1.165, 1.54) is 0 Å². The van der Waals surface area contributed by atoms with Gasteiger partial charge in [-0.2, -0.15) is 0 Å².